The van der Waals surface area contributed by atoms with Gasteiger partial charge in [0.1, 0.15) is 11.6 Å². The summed E-state index contributed by atoms with van der Waals surface area (Å²) in [6.45, 7) is 0.0593. The quantitative estimate of drug-likeness (QED) is 0.862. The normalized spacial score (nSPS) is 17.2. The summed E-state index contributed by atoms with van der Waals surface area (Å²) in [4.78, 5) is 25.6. The van der Waals surface area contributed by atoms with E-state index in [9.17, 15) is 18.4 Å². The van der Waals surface area contributed by atoms with Crippen LogP contribution in [-0.2, 0) is 9.59 Å². The van der Waals surface area contributed by atoms with Crippen molar-refractivity contribution in [2.75, 3.05) is 16.8 Å². The summed E-state index contributed by atoms with van der Waals surface area (Å²) in [6, 6.07) is 10.2. The molecule has 2 aromatic carbocycles. The van der Waals surface area contributed by atoms with Crippen LogP contribution in [0.4, 0.5) is 20.2 Å². The minimum Gasteiger partial charge on any atom is -0.323 e. The van der Waals surface area contributed by atoms with Crippen LogP contribution in [0.5, 0.6) is 0 Å². The Kier molecular flexibility index (Phi) is 4.62. The molecule has 1 fully saturated rings. The number of nitrogens with one attached hydrogen (secondary N) is 1. The maximum Gasteiger partial charge on any atom is 0.229 e. The summed E-state index contributed by atoms with van der Waals surface area (Å²) in [5.74, 6) is -2.57. The molecule has 0 bridgehead atoms. The Hall–Kier alpha value is -2.28. The highest BCUT2D eigenvalue weighted by molar-refractivity contribution is 9.10. The van der Waals surface area contributed by atoms with E-state index in [1.54, 1.807) is 12.1 Å². The maximum absolute atomic E-state index is 13.8. The van der Waals surface area contributed by atoms with E-state index in [4.69, 9.17) is 0 Å². The van der Waals surface area contributed by atoms with Gasteiger partial charge in [0.2, 0.25) is 11.8 Å². The summed E-state index contributed by atoms with van der Waals surface area (Å²) in [7, 11) is 0. The van der Waals surface area contributed by atoms with E-state index in [-0.39, 0.29) is 30.2 Å². The van der Waals surface area contributed by atoms with Gasteiger partial charge in [0.05, 0.1) is 17.3 Å². The first kappa shape index (κ1) is 16.6. The van der Waals surface area contributed by atoms with Gasteiger partial charge in [0.15, 0.2) is 0 Å². The van der Waals surface area contributed by atoms with Crippen molar-refractivity contribution in [3.63, 3.8) is 0 Å². The molecule has 1 heterocycles. The number of anilines is 2. The Morgan fingerprint density at radius 2 is 1.92 bits per heavy atom. The summed E-state index contributed by atoms with van der Waals surface area (Å²) >= 11 is 3.14. The second kappa shape index (κ2) is 6.68. The minimum absolute atomic E-state index is 0.0417. The van der Waals surface area contributed by atoms with Gasteiger partial charge in [-0.25, -0.2) is 8.78 Å². The molecule has 1 unspecified atom stereocenters. The molecular formula is C17H13BrF2N2O2. The minimum atomic E-state index is -0.667. The number of benzene rings is 2. The Balaban J connectivity index is 1.73. The van der Waals surface area contributed by atoms with Gasteiger partial charge >= 0.3 is 0 Å². The molecule has 1 aliphatic heterocycles. The fourth-order valence-electron chi connectivity index (χ4n) is 2.61. The fourth-order valence-corrected chi connectivity index (χ4v) is 2.95. The number of carbonyl (C=O) groups excluding carboxylic acids is 2. The van der Waals surface area contributed by atoms with E-state index in [0.717, 1.165) is 0 Å². The molecule has 0 spiro atoms. The second-order valence-corrected chi connectivity index (χ2v) is 6.39. The van der Waals surface area contributed by atoms with Crippen LogP contribution >= 0.6 is 15.9 Å². The molecular weight excluding hydrogens is 382 g/mol. The number of rotatable bonds is 3. The molecule has 3 rings (SSSR count). The lowest BCUT2D eigenvalue weighted by Gasteiger charge is -2.17. The predicted molar refractivity (Wildman–Crippen MR) is 89.6 cm³/mol. The van der Waals surface area contributed by atoms with Crippen LogP contribution in [0.25, 0.3) is 0 Å². The first-order valence-corrected chi connectivity index (χ1v) is 8.06. The molecule has 0 aromatic heterocycles. The van der Waals surface area contributed by atoms with Crippen molar-refractivity contribution in [2.45, 2.75) is 6.42 Å². The Labute approximate surface area is 145 Å². The van der Waals surface area contributed by atoms with E-state index in [1.807, 2.05) is 0 Å². The lowest BCUT2D eigenvalue weighted by atomic mass is 10.1. The van der Waals surface area contributed by atoms with Gasteiger partial charge in [-0.3, -0.25) is 9.59 Å². The average Bonchev–Trinajstić information content (AvgIpc) is 2.92. The number of carbonyl (C=O) groups is 2. The first-order chi connectivity index (χ1) is 11.5. The first-order valence-electron chi connectivity index (χ1n) is 7.26. The van der Waals surface area contributed by atoms with Crippen LogP contribution in [0.2, 0.25) is 0 Å². The number of halogens is 3. The van der Waals surface area contributed by atoms with Crippen molar-refractivity contribution in [3.05, 3.63) is 58.6 Å². The smallest absolute Gasteiger partial charge is 0.229 e. The van der Waals surface area contributed by atoms with Crippen LogP contribution in [0.1, 0.15) is 6.42 Å². The number of amides is 2. The second-order valence-electron chi connectivity index (χ2n) is 5.47. The van der Waals surface area contributed by atoms with Crippen LogP contribution in [0.3, 0.4) is 0 Å². The maximum atomic E-state index is 13.8. The molecule has 0 aliphatic carbocycles. The van der Waals surface area contributed by atoms with Gasteiger partial charge in [-0.1, -0.05) is 28.1 Å². The summed E-state index contributed by atoms with van der Waals surface area (Å²) in [5.41, 5.74) is 0.188. The molecule has 0 radical (unpaired) electrons. The number of hydrogen-bond donors (Lipinski definition) is 1. The fraction of sp³-hybridized carbons (Fsp3) is 0.176. The molecule has 2 amide bonds. The Bertz CT molecular complexity index is 813. The van der Waals surface area contributed by atoms with Crippen LogP contribution in [-0.4, -0.2) is 18.4 Å². The van der Waals surface area contributed by atoms with Gasteiger partial charge in [-0.15, -0.1) is 0 Å². The van der Waals surface area contributed by atoms with Gasteiger partial charge in [0.25, 0.3) is 0 Å². The van der Waals surface area contributed by atoms with E-state index < -0.39 is 23.5 Å². The molecule has 24 heavy (non-hydrogen) atoms. The SMILES string of the molecule is O=C(Nc1ccc(Br)cc1F)C1CC(=O)N(c2ccccc2F)C1. The van der Waals surface area contributed by atoms with Crippen molar-refractivity contribution in [2.24, 2.45) is 5.92 Å². The third-order valence-corrected chi connectivity index (χ3v) is 4.32. The molecule has 2 aromatic rings. The lowest BCUT2D eigenvalue weighted by molar-refractivity contribution is -0.122. The van der Waals surface area contributed by atoms with Crippen molar-refractivity contribution in [3.8, 4) is 0 Å². The van der Waals surface area contributed by atoms with Crippen molar-refractivity contribution >= 4 is 39.1 Å². The third kappa shape index (κ3) is 3.31. The topological polar surface area (TPSA) is 49.4 Å². The molecule has 124 valence electrons. The molecule has 4 nitrogen and oxygen atoms in total. The predicted octanol–water partition coefficient (Wildman–Crippen LogP) is 3.72. The van der Waals surface area contributed by atoms with E-state index in [1.165, 1.54) is 35.2 Å². The zero-order valence-electron chi connectivity index (χ0n) is 12.4. The van der Waals surface area contributed by atoms with Crippen LogP contribution in [0, 0.1) is 17.6 Å². The number of hydrogen-bond acceptors (Lipinski definition) is 2. The van der Waals surface area contributed by atoms with Crippen molar-refractivity contribution < 1.29 is 18.4 Å². The standard InChI is InChI=1S/C17H13BrF2N2O2/c18-11-5-6-14(13(20)8-11)21-17(24)10-7-16(23)22(9-10)15-4-2-1-3-12(15)19/h1-6,8,10H,7,9H2,(H,21,24). The molecule has 7 heteroatoms. The highest BCUT2D eigenvalue weighted by atomic mass is 79.9. The molecule has 1 atom stereocenters. The molecule has 0 saturated carbocycles. The summed E-state index contributed by atoms with van der Waals surface area (Å²) in [6.07, 6.45) is -0.0433. The molecule has 1 N–H and O–H groups in total. The zero-order valence-corrected chi connectivity index (χ0v) is 14.0. The monoisotopic (exact) mass is 394 g/mol. The van der Waals surface area contributed by atoms with Gasteiger partial charge in [-0.2, -0.15) is 0 Å². The number of para-hydroxylation sites is 1. The van der Waals surface area contributed by atoms with E-state index in [2.05, 4.69) is 21.2 Å². The van der Waals surface area contributed by atoms with Crippen molar-refractivity contribution in [1.82, 2.24) is 0 Å². The largest absolute Gasteiger partial charge is 0.323 e. The summed E-state index contributed by atoms with van der Waals surface area (Å²) in [5, 5.41) is 2.48. The van der Waals surface area contributed by atoms with Gasteiger partial charge < -0.3 is 10.2 Å². The Morgan fingerprint density at radius 3 is 2.62 bits per heavy atom. The summed E-state index contributed by atoms with van der Waals surface area (Å²) < 4.78 is 28.2. The van der Waals surface area contributed by atoms with E-state index in [0.29, 0.717) is 4.47 Å². The zero-order chi connectivity index (χ0) is 17.3. The van der Waals surface area contributed by atoms with Crippen LogP contribution < -0.4 is 10.2 Å². The Morgan fingerprint density at radius 1 is 1.17 bits per heavy atom. The lowest BCUT2D eigenvalue weighted by Crippen LogP contribution is -2.28. The van der Waals surface area contributed by atoms with Gasteiger partial charge in [-0.05, 0) is 30.3 Å². The van der Waals surface area contributed by atoms with E-state index >= 15 is 0 Å². The highest BCUT2D eigenvalue weighted by Crippen LogP contribution is 2.28. The van der Waals surface area contributed by atoms with Crippen LogP contribution in [0.15, 0.2) is 46.9 Å². The highest BCUT2D eigenvalue weighted by Gasteiger charge is 2.36. The third-order valence-electron chi connectivity index (χ3n) is 3.83. The average molecular weight is 395 g/mol. The van der Waals surface area contributed by atoms with Gasteiger partial charge in [0, 0.05) is 17.4 Å². The molecule has 1 aliphatic rings. The molecule has 1 saturated heterocycles. The van der Waals surface area contributed by atoms with Crippen molar-refractivity contribution in [1.29, 1.82) is 0 Å². The number of nitrogens with zero attached hydrogens (tertiary/aromatic N) is 1.